The van der Waals surface area contributed by atoms with E-state index in [4.69, 9.17) is 16.3 Å². The van der Waals surface area contributed by atoms with Gasteiger partial charge >= 0.3 is 0 Å². The van der Waals surface area contributed by atoms with Gasteiger partial charge in [0.1, 0.15) is 11.6 Å². The van der Waals surface area contributed by atoms with Crippen LogP contribution in [0.3, 0.4) is 0 Å². The van der Waals surface area contributed by atoms with E-state index in [0.717, 1.165) is 18.9 Å². The summed E-state index contributed by atoms with van der Waals surface area (Å²) in [7, 11) is 0. The molecular weight excluding hydrogens is 338 g/mol. The van der Waals surface area contributed by atoms with Crippen molar-refractivity contribution < 1.29 is 9.53 Å². The van der Waals surface area contributed by atoms with Gasteiger partial charge in [0, 0.05) is 18.1 Å². The summed E-state index contributed by atoms with van der Waals surface area (Å²) < 4.78 is 5.43. The third kappa shape index (κ3) is 5.10. The van der Waals surface area contributed by atoms with Crippen molar-refractivity contribution in [2.75, 3.05) is 29.9 Å². The van der Waals surface area contributed by atoms with Crippen LogP contribution in [0.15, 0.2) is 42.6 Å². The molecule has 25 heavy (non-hydrogen) atoms. The summed E-state index contributed by atoms with van der Waals surface area (Å²) in [5.74, 6) is 2.03. The first-order valence-electron chi connectivity index (χ1n) is 8.49. The third-order valence-electron chi connectivity index (χ3n) is 4.20. The van der Waals surface area contributed by atoms with Gasteiger partial charge in [-0.1, -0.05) is 18.5 Å². The first kappa shape index (κ1) is 17.5. The lowest BCUT2D eigenvalue weighted by Gasteiger charge is -2.31. The van der Waals surface area contributed by atoms with Crippen LogP contribution in [0.2, 0.25) is 5.02 Å². The molecule has 1 unspecified atom stereocenters. The van der Waals surface area contributed by atoms with Crippen LogP contribution in [0.1, 0.15) is 19.8 Å². The van der Waals surface area contributed by atoms with Crippen LogP contribution in [0.25, 0.3) is 0 Å². The molecular formula is C19H22ClN3O2. The smallest absolute Gasteiger partial charge is 0.262 e. The second kappa shape index (κ2) is 8.21. The molecule has 1 fully saturated rings. The molecule has 3 rings (SSSR count). The quantitative estimate of drug-likeness (QED) is 0.877. The molecule has 1 aromatic carbocycles. The number of anilines is 2. The van der Waals surface area contributed by atoms with Gasteiger partial charge in [-0.3, -0.25) is 4.79 Å². The minimum Gasteiger partial charge on any atom is -0.484 e. The molecule has 6 heteroatoms. The highest BCUT2D eigenvalue weighted by atomic mass is 35.5. The van der Waals surface area contributed by atoms with Crippen molar-refractivity contribution in [3.63, 3.8) is 0 Å². The van der Waals surface area contributed by atoms with E-state index in [1.54, 1.807) is 30.5 Å². The minimum atomic E-state index is -0.226. The third-order valence-corrected chi connectivity index (χ3v) is 4.45. The molecule has 0 bridgehead atoms. The maximum Gasteiger partial charge on any atom is 0.262 e. The summed E-state index contributed by atoms with van der Waals surface area (Å²) in [5.41, 5.74) is 0.665. The number of halogens is 1. The molecule has 2 heterocycles. The van der Waals surface area contributed by atoms with Gasteiger partial charge in [0.2, 0.25) is 0 Å². The van der Waals surface area contributed by atoms with E-state index in [-0.39, 0.29) is 12.5 Å². The van der Waals surface area contributed by atoms with Gasteiger partial charge in [0.15, 0.2) is 6.61 Å². The molecule has 0 aliphatic carbocycles. The van der Waals surface area contributed by atoms with Gasteiger partial charge < -0.3 is 15.0 Å². The van der Waals surface area contributed by atoms with Gasteiger partial charge in [-0.05, 0) is 55.2 Å². The molecule has 0 saturated carbocycles. The van der Waals surface area contributed by atoms with Gasteiger partial charge in [-0.25, -0.2) is 4.98 Å². The highest BCUT2D eigenvalue weighted by Gasteiger charge is 2.17. The molecule has 0 radical (unpaired) electrons. The Morgan fingerprint density at radius 1 is 1.32 bits per heavy atom. The molecule has 1 saturated heterocycles. The maximum absolute atomic E-state index is 12.0. The fourth-order valence-corrected chi connectivity index (χ4v) is 3.05. The van der Waals surface area contributed by atoms with Crippen LogP contribution in [-0.4, -0.2) is 30.6 Å². The lowest BCUT2D eigenvalue weighted by atomic mass is 10.0. The highest BCUT2D eigenvalue weighted by Crippen LogP contribution is 2.22. The van der Waals surface area contributed by atoms with E-state index >= 15 is 0 Å². The van der Waals surface area contributed by atoms with Gasteiger partial charge in [0.25, 0.3) is 5.91 Å². The number of carbonyl (C=O) groups excluding carboxylic acids is 1. The molecule has 2 aromatic rings. The zero-order valence-corrected chi connectivity index (χ0v) is 15.0. The fraction of sp³-hybridized carbons (Fsp3) is 0.368. The molecule has 1 N–H and O–H groups in total. The van der Waals surface area contributed by atoms with Crippen molar-refractivity contribution in [3.8, 4) is 5.75 Å². The minimum absolute atomic E-state index is 0.0625. The van der Waals surface area contributed by atoms with Crippen LogP contribution in [-0.2, 0) is 4.79 Å². The Balaban J connectivity index is 1.50. The number of amides is 1. The number of benzene rings is 1. The van der Waals surface area contributed by atoms with Crippen molar-refractivity contribution in [3.05, 3.63) is 47.6 Å². The van der Waals surface area contributed by atoms with Crippen molar-refractivity contribution >= 4 is 29.0 Å². The number of carbonyl (C=O) groups is 1. The van der Waals surface area contributed by atoms with Crippen LogP contribution in [0, 0.1) is 5.92 Å². The molecule has 1 aliphatic heterocycles. The zero-order valence-electron chi connectivity index (χ0n) is 14.2. The zero-order chi connectivity index (χ0) is 17.6. The molecule has 1 amide bonds. The number of nitrogens with one attached hydrogen (secondary N) is 1. The predicted molar refractivity (Wildman–Crippen MR) is 100 cm³/mol. The number of hydrogen-bond acceptors (Lipinski definition) is 4. The lowest BCUT2D eigenvalue weighted by molar-refractivity contribution is -0.118. The number of piperidine rings is 1. The van der Waals surface area contributed by atoms with Crippen LogP contribution >= 0.6 is 11.6 Å². The number of rotatable bonds is 5. The van der Waals surface area contributed by atoms with E-state index in [1.165, 1.54) is 12.8 Å². The van der Waals surface area contributed by atoms with Gasteiger partial charge in [0.05, 0.1) is 11.9 Å². The molecule has 1 aliphatic rings. The second-order valence-electron chi connectivity index (χ2n) is 6.39. The summed E-state index contributed by atoms with van der Waals surface area (Å²) in [5, 5.41) is 3.42. The monoisotopic (exact) mass is 359 g/mol. The number of hydrogen-bond donors (Lipinski definition) is 1. The maximum atomic E-state index is 12.0. The van der Waals surface area contributed by atoms with Crippen molar-refractivity contribution in [2.45, 2.75) is 19.8 Å². The van der Waals surface area contributed by atoms with E-state index in [9.17, 15) is 4.79 Å². The van der Waals surface area contributed by atoms with Gasteiger partial charge in [-0.2, -0.15) is 0 Å². The first-order chi connectivity index (χ1) is 12.1. The molecule has 5 nitrogen and oxygen atoms in total. The Hall–Kier alpha value is -2.27. The fourth-order valence-electron chi connectivity index (χ4n) is 2.92. The summed E-state index contributed by atoms with van der Waals surface area (Å²) in [6, 6.07) is 10.7. The van der Waals surface area contributed by atoms with Crippen molar-refractivity contribution in [1.82, 2.24) is 4.98 Å². The number of aromatic nitrogens is 1. The molecule has 1 aromatic heterocycles. The first-order valence-corrected chi connectivity index (χ1v) is 8.87. The summed E-state index contributed by atoms with van der Waals surface area (Å²) >= 11 is 5.81. The second-order valence-corrected chi connectivity index (χ2v) is 6.83. The summed E-state index contributed by atoms with van der Waals surface area (Å²) in [6.45, 7) is 4.28. The normalized spacial score (nSPS) is 17.2. The Bertz CT molecular complexity index is 704. The Kier molecular flexibility index (Phi) is 5.76. The summed E-state index contributed by atoms with van der Waals surface area (Å²) in [4.78, 5) is 18.8. The largest absolute Gasteiger partial charge is 0.484 e. The Morgan fingerprint density at radius 2 is 2.12 bits per heavy atom. The average Bonchev–Trinajstić information content (AvgIpc) is 2.62. The summed E-state index contributed by atoms with van der Waals surface area (Å²) in [6.07, 6.45) is 4.16. The molecule has 1 atom stereocenters. The molecule has 0 spiro atoms. The SMILES string of the molecule is CC1CCCN(c2ccc(NC(=O)COc3ccc(Cl)cc3)cn2)C1. The van der Waals surface area contributed by atoms with E-state index in [2.05, 4.69) is 22.1 Å². The number of nitrogens with zero attached hydrogens (tertiary/aromatic N) is 2. The Labute approximate surface area is 153 Å². The van der Waals surface area contributed by atoms with Gasteiger partial charge in [-0.15, -0.1) is 0 Å². The van der Waals surface area contributed by atoms with Crippen LogP contribution in [0.5, 0.6) is 5.75 Å². The topological polar surface area (TPSA) is 54.5 Å². The highest BCUT2D eigenvalue weighted by molar-refractivity contribution is 6.30. The van der Waals surface area contributed by atoms with E-state index < -0.39 is 0 Å². The van der Waals surface area contributed by atoms with Crippen LogP contribution < -0.4 is 15.0 Å². The van der Waals surface area contributed by atoms with E-state index in [1.807, 2.05) is 12.1 Å². The number of ether oxygens (including phenoxy) is 1. The standard InChI is InChI=1S/C19H22ClN3O2/c1-14-3-2-10-23(12-14)18-9-6-16(11-21-18)22-19(24)13-25-17-7-4-15(20)5-8-17/h4-9,11,14H,2-3,10,12-13H2,1H3,(H,22,24). The lowest BCUT2D eigenvalue weighted by Crippen LogP contribution is -2.34. The van der Waals surface area contributed by atoms with Crippen molar-refractivity contribution in [2.24, 2.45) is 5.92 Å². The Morgan fingerprint density at radius 3 is 2.80 bits per heavy atom. The van der Waals surface area contributed by atoms with Crippen molar-refractivity contribution in [1.29, 1.82) is 0 Å². The molecule has 132 valence electrons. The average molecular weight is 360 g/mol. The predicted octanol–water partition coefficient (Wildman–Crippen LogP) is 3.99. The number of pyridine rings is 1. The van der Waals surface area contributed by atoms with Crippen LogP contribution in [0.4, 0.5) is 11.5 Å². The van der Waals surface area contributed by atoms with E-state index in [0.29, 0.717) is 22.4 Å².